The van der Waals surface area contributed by atoms with Crippen molar-refractivity contribution >= 4 is 49.5 Å². The van der Waals surface area contributed by atoms with E-state index in [2.05, 4.69) is 41.5 Å². The van der Waals surface area contributed by atoms with Crippen LogP contribution in [0.1, 0.15) is 54.4 Å². The van der Waals surface area contributed by atoms with Gasteiger partial charge in [-0.2, -0.15) is 0 Å². The number of carbonyl (C=O) groups is 2. The Morgan fingerprint density at radius 3 is 1.00 bits per heavy atom. The summed E-state index contributed by atoms with van der Waals surface area (Å²) in [7, 11) is 0. The molecule has 0 aromatic rings. The molecule has 0 aromatic heterocycles. The van der Waals surface area contributed by atoms with Crippen molar-refractivity contribution in [3.8, 4) is 0 Å². The second-order valence-electron chi connectivity index (χ2n) is 5.94. The average molecular weight is 528 g/mol. The Morgan fingerprint density at radius 2 is 0.818 bits per heavy atom. The van der Waals surface area contributed by atoms with E-state index in [1.807, 2.05) is 0 Å². The normalized spacial score (nSPS) is 12.1. The molecule has 0 spiro atoms. The molecule has 0 fully saturated rings. The molecule has 22 heavy (non-hydrogen) atoms. The van der Waals surface area contributed by atoms with E-state index in [4.69, 9.17) is 6.15 Å². The molecule has 0 heterocycles. The minimum absolute atomic E-state index is 0.177. The van der Waals surface area contributed by atoms with E-state index >= 15 is 0 Å². The van der Waals surface area contributed by atoms with Gasteiger partial charge in [-0.3, -0.25) is 0 Å². The second kappa shape index (κ2) is 11.2. The Labute approximate surface area is 145 Å². The first-order chi connectivity index (χ1) is 10.4. The summed E-state index contributed by atoms with van der Waals surface area (Å²) in [6, 6.07) is 0. The van der Waals surface area contributed by atoms with Crippen molar-refractivity contribution in [1.82, 2.24) is 0 Å². The summed E-state index contributed by atoms with van der Waals surface area (Å²) in [4.78, 5) is 24.1. The topological polar surface area (TPSA) is 52.6 Å². The minimum atomic E-state index is -2.69. The Balaban J connectivity index is 4.44. The van der Waals surface area contributed by atoms with E-state index in [-0.39, 0.29) is 24.8 Å². The molecule has 0 aliphatic heterocycles. The van der Waals surface area contributed by atoms with E-state index in [1.165, 1.54) is 0 Å². The van der Waals surface area contributed by atoms with Crippen LogP contribution in [0.4, 0.5) is 0 Å². The first-order valence-corrected chi connectivity index (χ1v) is 23.2. The first-order valence-electron chi connectivity index (χ1n) is 8.80. The molecule has 0 aromatic carbocycles. The fourth-order valence-electron chi connectivity index (χ4n) is 2.72. The maximum atomic E-state index is 12.1. The van der Waals surface area contributed by atoms with E-state index in [1.54, 1.807) is 0 Å². The molecule has 6 heteroatoms. The van der Waals surface area contributed by atoms with Gasteiger partial charge in [-0.1, -0.05) is 0 Å². The molecular weight excluding hydrogens is 494 g/mol. The molecule has 0 saturated heterocycles. The van der Waals surface area contributed by atoms with Crippen molar-refractivity contribution in [2.45, 2.75) is 81.0 Å². The van der Waals surface area contributed by atoms with Crippen molar-refractivity contribution in [2.75, 3.05) is 0 Å². The zero-order chi connectivity index (χ0) is 17.2. The zero-order valence-corrected chi connectivity index (χ0v) is 21.0. The first kappa shape index (κ1) is 22.5. The van der Waals surface area contributed by atoms with E-state index in [0.29, 0.717) is 0 Å². The molecule has 0 amide bonds. The van der Waals surface area contributed by atoms with Crippen LogP contribution in [0.2, 0.25) is 26.6 Å². The van der Waals surface area contributed by atoms with Gasteiger partial charge in [0.15, 0.2) is 0 Å². The summed E-state index contributed by atoms with van der Waals surface area (Å²) >= 11 is -5.39. The predicted molar refractivity (Wildman–Crippen MR) is 95.8 cm³/mol. The molecule has 0 aliphatic rings. The van der Waals surface area contributed by atoms with E-state index < -0.39 is 37.6 Å². The zero-order valence-electron chi connectivity index (χ0n) is 15.3. The SMILES string of the molecule is C[CH2][Sn]([CH2]C)([CH2]C)[O]C(=O)CCC(=O)[O][Sn]([CH2]C)([CH2]C)[CH2]C. The van der Waals surface area contributed by atoms with Crippen molar-refractivity contribution < 1.29 is 15.7 Å². The average Bonchev–Trinajstić information content (AvgIpc) is 2.56. The molecule has 0 radical (unpaired) electrons. The Morgan fingerprint density at radius 1 is 0.591 bits per heavy atom. The van der Waals surface area contributed by atoms with Gasteiger partial charge in [0.1, 0.15) is 0 Å². The van der Waals surface area contributed by atoms with Crippen LogP contribution in [0.15, 0.2) is 0 Å². The molecule has 0 saturated carbocycles. The van der Waals surface area contributed by atoms with Crippen LogP contribution < -0.4 is 0 Å². The van der Waals surface area contributed by atoms with Crippen LogP contribution in [-0.2, 0) is 15.7 Å². The maximum absolute atomic E-state index is 12.1. The third-order valence-electron chi connectivity index (χ3n) is 5.06. The van der Waals surface area contributed by atoms with Gasteiger partial charge in [-0.15, -0.1) is 0 Å². The molecule has 0 atom stereocenters. The molecule has 0 bridgehead atoms. The van der Waals surface area contributed by atoms with Crippen LogP contribution in [0.5, 0.6) is 0 Å². The second-order valence-corrected chi connectivity index (χ2v) is 32.7. The van der Waals surface area contributed by atoms with Gasteiger partial charge < -0.3 is 0 Å². The number of carbonyl (C=O) groups excluding carboxylic acids is 2. The Hall–Kier alpha value is 0.537. The number of hydrogen-bond donors (Lipinski definition) is 0. The quantitative estimate of drug-likeness (QED) is 0.360. The molecule has 0 aliphatic carbocycles. The van der Waals surface area contributed by atoms with Gasteiger partial charge in [-0.05, 0) is 0 Å². The molecule has 4 nitrogen and oxygen atoms in total. The summed E-state index contributed by atoms with van der Waals surface area (Å²) in [6.07, 6.45) is 0.354. The van der Waals surface area contributed by atoms with Gasteiger partial charge in [0.2, 0.25) is 0 Å². The van der Waals surface area contributed by atoms with Gasteiger partial charge >= 0.3 is 146 Å². The van der Waals surface area contributed by atoms with Crippen LogP contribution in [0, 0.1) is 0 Å². The van der Waals surface area contributed by atoms with Gasteiger partial charge in [0.05, 0.1) is 0 Å². The third-order valence-corrected chi connectivity index (χ3v) is 30.9. The molecule has 130 valence electrons. The van der Waals surface area contributed by atoms with Crippen LogP contribution >= 0.6 is 0 Å². The summed E-state index contributed by atoms with van der Waals surface area (Å²) in [5.41, 5.74) is 0. The van der Waals surface area contributed by atoms with Crippen LogP contribution in [0.25, 0.3) is 0 Å². The van der Waals surface area contributed by atoms with Crippen molar-refractivity contribution in [3.05, 3.63) is 0 Å². The number of rotatable bonds is 11. The Kier molecular flexibility index (Phi) is 11.4. The van der Waals surface area contributed by atoms with Crippen molar-refractivity contribution in [3.63, 3.8) is 0 Å². The third kappa shape index (κ3) is 6.97. The molecular formula is C16H34O4Sn2. The van der Waals surface area contributed by atoms with Crippen molar-refractivity contribution in [2.24, 2.45) is 0 Å². The standard InChI is InChI=1S/C4H6O4.6C2H5.2Sn/c5-3(6)1-2-4(7)8;6*1-2;;/h1-2H2,(H,5,6)(H,7,8);6*1H2,2H3;;/q;;;;;;;2*+1/p-2. The van der Waals surface area contributed by atoms with E-state index in [0.717, 1.165) is 26.6 Å². The van der Waals surface area contributed by atoms with Gasteiger partial charge in [0.25, 0.3) is 0 Å². The molecule has 0 N–H and O–H groups in total. The fourth-order valence-corrected chi connectivity index (χ4v) is 17.1. The molecule has 0 unspecified atom stereocenters. The van der Waals surface area contributed by atoms with Crippen LogP contribution in [-0.4, -0.2) is 49.5 Å². The van der Waals surface area contributed by atoms with Crippen LogP contribution in [0.3, 0.4) is 0 Å². The van der Waals surface area contributed by atoms with Gasteiger partial charge in [-0.25, -0.2) is 0 Å². The number of hydrogen-bond acceptors (Lipinski definition) is 4. The summed E-state index contributed by atoms with van der Waals surface area (Å²) in [6.45, 7) is 12.7. The monoisotopic (exact) mass is 530 g/mol. The summed E-state index contributed by atoms with van der Waals surface area (Å²) < 4.78 is 17.7. The van der Waals surface area contributed by atoms with E-state index in [9.17, 15) is 9.59 Å². The summed E-state index contributed by atoms with van der Waals surface area (Å²) in [5.74, 6) is -0.382. The summed E-state index contributed by atoms with van der Waals surface area (Å²) in [5, 5.41) is 0. The predicted octanol–water partition coefficient (Wildman–Crippen LogP) is 4.86. The Bertz CT molecular complexity index is 300. The molecule has 0 rings (SSSR count). The van der Waals surface area contributed by atoms with Crippen molar-refractivity contribution in [1.29, 1.82) is 0 Å². The van der Waals surface area contributed by atoms with Gasteiger partial charge in [0, 0.05) is 0 Å². The fraction of sp³-hybridized carbons (Fsp3) is 0.875.